The minimum absolute atomic E-state index is 0.0876. The highest BCUT2D eigenvalue weighted by atomic mass is 32.2. The Labute approximate surface area is 141 Å². The Hall–Kier alpha value is -2.06. The zero-order chi connectivity index (χ0) is 17.1. The van der Waals surface area contributed by atoms with Crippen molar-refractivity contribution in [2.75, 3.05) is 12.4 Å². The average Bonchev–Trinajstić information content (AvgIpc) is 2.53. The summed E-state index contributed by atoms with van der Waals surface area (Å²) in [5.74, 6) is 6.23. The van der Waals surface area contributed by atoms with Crippen molar-refractivity contribution >= 4 is 28.6 Å². The predicted octanol–water partition coefficient (Wildman–Crippen LogP) is 3.23. The zero-order valence-corrected chi connectivity index (χ0v) is 14.2. The molecule has 0 aromatic heterocycles. The molecule has 0 unspecified atom stereocenters. The van der Waals surface area contributed by atoms with Gasteiger partial charge in [-0.05, 0) is 19.1 Å². The van der Waals surface area contributed by atoms with E-state index in [0.717, 1.165) is 5.56 Å². The molecule has 0 saturated heterocycles. The van der Waals surface area contributed by atoms with Crippen LogP contribution in [-0.4, -0.2) is 29.2 Å². The van der Waals surface area contributed by atoms with Crippen LogP contribution in [0.5, 0.6) is 0 Å². The molecule has 0 fully saturated rings. The lowest BCUT2D eigenvalue weighted by molar-refractivity contribution is -0.143. The number of rotatable bonds is 7. The number of carbonyl (C=O) groups is 3. The molecule has 122 valence electrons. The van der Waals surface area contributed by atoms with Crippen LogP contribution in [0.15, 0.2) is 24.3 Å². The summed E-state index contributed by atoms with van der Waals surface area (Å²) >= 11 is 1.26. The smallest absolute Gasteiger partial charge is 0.306 e. The van der Waals surface area contributed by atoms with Crippen LogP contribution in [0.1, 0.15) is 49.0 Å². The minimum Gasteiger partial charge on any atom is -0.466 e. The van der Waals surface area contributed by atoms with E-state index in [1.807, 2.05) is 0 Å². The molecule has 0 saturated carbocycles. The normalized spacial score (nSPS) is 9.65. The van der Waals surface area contributed by atoms with Gasteiger partial charge in [0.25, 0.3) is 0 Å². The quantitative estimate of drug-likeness (QED) is 0.332. The molecule has 5 heteroatoms. The van der Waals surface area contributed by atoms with E-state index >= 15 is 0 Å². The highest BCUT2D eigenvalue weighted by Crippen LogP contribution is 2.09. The lowest BCUT2D eigenvalue weighted by Gasteiger charge is -2.02. The molecule has 1 aromatic rings. The Bertz CT molecular complexity index is 608. The predicted molar refractivity (Wildman–Crippen MR) is 91.3 cm³/mol. The Morgan fingerprint density at radius 3 is 2.43 bits per heavy atom. The Balaban J connectivity index is 2.46. The summed E-state index contributed by atoms with van der Waals surface area (Å²) in [6.45, 7) is 3.60. The van der Waals surface area contributed by atoms with E-state index in [-0.39, 0.29) is 29.7 Å². The van der Waals surface area contributed by atoms with Crippen molar-refractivity contribution in [3.05, 3.63) is 35.4 Å². The van der Waals surface area contributed by atoms with E-state index in [0.29, 0.717) is 24.3 Å². The largest absolute Gasteiger partial charge is 0.466 e. The first-order valence-electron chi connectivity index (χ1n) is 7.44. The first-order valence-corrected chi connectivity index (χ1v) is 8.42. The SMILES string of the molecule is CCOC(=O)CCC(=O)c1ccc(C#CCCSC(C)=O)cc1. The molecule has 0 atom stereocenters. The number of esters is 1. The van der Waals surface area contributed by atoms with Crippen molar-refractivity contribution in [1.82, 2.24) is 0 Å². The van der Waals surface area contributed by atoms with Crippen LogP contribution in [0.4, 0.5) is 0 Å². The summed E-state index contributed by atoms with van der Waals surface area (Å²) in [5, 5.41) is 0.0949. The Morgan fingerprint density at radius 2 is 1.83 bits per heavy atom. The molecule has 0 bridgehead atoms. The molecule has 0 amide bonds. The monoisotopic (exact) mass is 332 g/mol. The third kappa shape index (κ3) is 8.22. The second-order valence-corrected chi connectivity index (χ2v) is 5.97. The summed E-state index contributed by atoms with van der Waals surface area (Å²) in [6, 6.07) is 6.98. The number of hydrogen-bond donors (Lipinski definition) is 0. The summed E-state index contributed by atoms with van der Waals surface area (Å²) in [7, 11) is 0. The van der Waals surface area contributed by atoms with Crippen molar-refractivity contribution in [2.45, 2.75) is 33.1 Å². The summed E-state index contributed by atoms with van der Waals surface area (Å²) < 4.78 is 4.79. The van der Waals surface area contributed by atoms with Crippen LogP contribution in [0, 0.1) is 11.8 Å². The molecule has 0 aliphatic carbocycles. The highest BCUT2D eigenvalue weighted by Gasteiger charge is 2.09. The van der Waals surface area contributed by atoms with Gasteiger partial charge in [0.05, 0.1) is 13.0 Å². The second kappa shape index (κ2) is 10.6. The summed E-state index contributed by atoms with van der Waals surface area (Å²) in [5.41, 5.74) is 1.38. The van der Waals surface area contributed by atoms with Crippen molar-refractivity contribution in [3.63, 3.8) is 0 Å². The van der Waals surface area contributed by atoms with Gasteiger partial charge in [-0.3, -0.25) is 14.4 Å². The van der Waals surface area contributed by atoms with Gasteiger partial charge < -0.3 is 4.74 Å². The fourth-order valence-electron chi connectivity index (χ4n) is 1.74. The lowest BCUT2D eigenvalue weighted by Crippen LogP contribution is -2.07. The van der Waals surface area contributed by atoms with Gasteiger partial charge in [-0.1, -0.05) is 35.7 Å². The Kier molecular flexibility index (Phi) is 8.78. The van der Waals surface area contributed by atoms with Crippen molar-refractivity contribution in [1.29, 1.82) is 0 Å². The van der Waals surface area contributed by atoms with E-state index in [2.05, 4.69) is 11.8 Å². The van der Waals surface area contributed by atoms with Crippen LogP contribution >= 0.6 is 11.8 Å². The highest BCUT2D eigenvalue weighted by molar-refractivity contribution is 8.13. The molecule has 1 rings (SSSR count). The molecular formula is C18H20O4S. The van der Waals surface area contributed by atoms with Gasteiger partial charge in [-0.15, -0.1) is 0 Å². The fraction of sp³-hybridized carbons (Fsp3) is 0.389. The number of ketones is 1. The minimum atomic E-state index is -0.355. The fourth-order valence-corrected chi connectivity index (χ4v) is 2.23. The molecule has 0 radical (unpaired) electrons. The summed E-state index contributed by atoms with van der Waals surface area (Å²) in [4.78, 5) is 33.9. The van der Waals surface area contributed by atoms with Crippen LogP contribution in [0.25, 0.3) is 0 Å². The molecule has 23 heavy (non-hydrogen) atoms. The van der Waals surface area contributed by atoms with Crippen LogP contribution in [0.2, 0.25) is 0 Å². The number of thioether (sulfide) groups is 1. The lowest BCUT2D eigenvalue weighted by atomic mass is 10.0. The maximum Gasteiger partial charge on any atom is 0.306 e. The molecule has 0 aliphatic heterocycles. The molecular weight excluding hydrogens is 312 g/mol. The molecule has 0 spiro atoms. The standard InChI is InChI=1S/C18H20O4S/c1-3-22-18(21)12-11-17(20)16-9-7-15(8-10-16)6-4-5-13-23-14(2)19/h7-10H,3,5,11-13H2,1-2H3. The van der Waals surface area contributed by atoms with Gasteiger partial charge in [-0.2, -0.15) is 0 Å². The maximum atomic E-state index is 11.9. The Morgan fingerprint density at radius 1 is 1.13 bits per heavy atom. The second-order valence-electron chi connectivity index (χ2n) is 4.70. The molecule has 0 N–H and O–H groups in total. The number of benzene rings is 1. The van der Waals surface area contributed by atoms with Crippen LogP contribution in [-0.2, 0) is 14.3 Å². The van der Waals surface area contributed by atoms with Gasteiger partial charge in [0.1, 0.15) is 0 Å². The topological polar surface area (TPSA) is 60.4 Å². The zero-order valence-electron chi connectivity index (χ0n) is 13.4. The summed E-state index contributed by atoms with van der Waals surface area (Å²) in [6.07, 6.45) is 0.888. The van der Waals surface area contributed by atoms with Gasteiger partial charge in [0, 0.05) is 36.6 Å². The van der Waals surface area contributed by atoms with Crippen molar-refractivity contribution in [2.24, 2.45) is 0 Å². The van der Waals surface area contributed by atoms with Gasteiger partial charge in [-0.25, -0.2) is 0 Å². The number of ether oxygens (including phenoxy) is 1. The molecule has 0 heterocycles. The maximum absolute atomic E-state index is 11.9. The number of hydrogen-bond acceptors (Lipinski definition) is 5. The molecule has 1 aromatic carbocycles. The number of carbonyl (C=O) groups excluding carboxylic acids is 3. The van der Waals surface area contributed by atoms with Crippen molar-refractivity contribution in [3.8, 4) is 11.8 Å². The van der Waals surface area contributed by atoms with E-state index < -0.39 is 0 Å². The third-order valence-corrected chi connectivity index (χ3v) is 3.65. The van der Waals surface area contributed by atoms with Gasteiger partial charge >= 0.3 is 5.97 Å². The van der Waals surface area contributed by atoms with Gasteiger partial charge in [0.2, 0.25) is 0 Å². The number of Topliss-reactive ketones (excluding diaryl/α,β-unsaturated/α-hetero) is 1. The van der Waals surface area contributed by atoms with Gasteiger partial charge in [0.15, 0.2) is 10.9 Å². The van der Waals surface area contributed by atoms with E-state index in [4.69, 9.17) is 4.74 Å². The molecule has 4 nitrogen and oxygen atoms in total. The van der Waals surface area contributed by atoms with E-state index in [9.17, 15) is 14.4 Å². The molecule has 0 aliphatic rings. The average molecular weight is 332 g/mol. The third-order valence-electron chi connectivity index (χ3n) is 2.83. The first kappa shape index (κ1) is 19.0. The first-order chi connectivity index (χ1) is 11.0. The van der Waals surface area contributed by atoms with Crippen molar-refractivity contribution < 1.29 is 19.1 Å². The van der Waals surface area contributed by atoms with E-state index in [1.165, 1.54) is 18.7 Å². The van der Waals surface area contributed by atoms with Crippen LogP contribution < -0.4 is 0 Å². The van der Waals surface area contributed by atoms with E-state index in [1.54, 1.807) is 31.2 Å². The van der Waals surface area contributed by atoms with Crippen LogP contribution in [0.3, 0.4) is 0 Å².